The van der Waals surface area contributed by atoms with Gasteiger partial charge in [-0.1, -0.05) is 32.0 Å². The fourth-order valence-electron chi connectivity index (χ4n) is 2.98. The number of hydrogen-bond acceptors (Lipinski definition) is 4. The highest BCUT2D eigenvalue weighted by atomic mass is 16.5. The molecule has 4 nitrogen and oxygen atoms in total. The van der Waals surface area contributed by atoms with E-state index < -0.39 is 11.5 Å². The van der Waals surface area contributed by atoms with E-state index in [2.05, 4.69) is 0 Å². The Labute approximate surface area is 119 Å². The highest BCUT2D eigenvalue weighted by Crippen LogP contribution is 2.44. The number of carbonyl (C=O) groups excluding carboxylic acids is 1. The maximum atomic E-state index is 12.3. The number of para-hydroxylation sites is 1. The van der Waals surface area contributed by atoms with E-state index >= 15 is 0 Å². The van der Waals surface area contributed by atoms with Crippen LogP contribution in [0.3, 0.4) is 0 Å². The van der Waals surface area contributed by atoms with Gasteiger partial charge in [0, 0.05) is 12.0 Å². The van der Waals surface area contributed by atoms with Crippen molar-refractivity contribution in [1.82, 2.24) is 0 Å². The molecule has 0 spiro atoms. The molecule has 1 aliphatic rings. The Balaban J connectivity index is 2.45. The number of carbonyl (C=O) groups is 1. The lowest BCUT2D eigenvalue weighted by Gasteiger charge is -2.40. The molecule has 1 aromatic rings. The van der Waals surface area contributed by atoms with E-state index in [0.29, 0.717) is 30.9 Å². The van der Waals surface area contributed by atoms with Crippen molar-refractivity contribution in [2.75, 3.05) is 13.2 Å². The Bertz CT molecular complexity index is 483. The predicted molar refractivity (Wildman–Crippen MR) is 75.4 cm³/mol. The Morgan fingerprint density at radius 2 is 2.15 bits per heavy atom. The van der Waals surface area contributed by atoms with Crippen LogP contribution in [0.1, 0.15) is 32.8 Å². The van der Waals surface area contributed by atoms with E-state index in [1.807, 2.05) is 38.1 Å². The first-order valence-corrected chi connectivity index (χ1v) is 7.12. The van der Waals surface area contributed by atoms with Crippen LogP contribution in [0, 0.1) is 11.8 Å². The Kier molecular flexibility index (Phi) is 4.33. The first-order chi connectivity index (χ1) is 9.50. The maximum absolute atomic E-state index is 12.3. The highest BCUT2D eigenvalue weighted by Gasteiger charge is 2.48. The molecule has 0 saturated heterocycles. The van der Waals surface area contributed by atoms with E-state index in [0.717, 1.165) is 0 Å². The van der Waals surface area contributed by atoms with E-state index in [4.69, 9.17) is 9.47 Å². The summed E-state index contributed by atoms with van der Waals surface area (Å²) in [4.78, 5) is 12.3. The first-order valence-electron chi connectivity index (χ1n) is 7.12. The molecule has 1 aliphatic heterocycles. The first kappa shape index (κ1) is 14.9. The van der Waals surface area contributed by atoms with Crippen molar-refractivity contribution in [3.8, 4) is 5.75 Å². The van der Waals surface area contributed by atoms with Crippen LogP contribution in [0.25, 0.3) is 0 Å². The zero-order valence-corrected chi connectivity index (χ0v) is 12.3. The van der Waals surface area contributed by atoms with Gasteiger partial charge in [0.1, 0.15) is 11.4 Å². The van der Waals surface area contributed by atoms with Crippen molar-refractivity contribution < 1.29 is 19.4 Å². The van der Waals surface area contributed by atoms with Gasteiger partial charge in [0.2, 0.25) is 0 Å². The standard InChI is InChI=1S/C16H22O4/c1-4-19-15(17)14(11(2)3)16(18)9-10-20-13-8-6-5-7-12(13)16/h5-8,11,14,18H,4,9-10H2,1-3H3. The number of esters is 1. The van der Waals surface area contributed by atoms with Crippen LogP contribution in [0.5, 0.6) is 5.75 Å². The monoisotopic (exact) mass is 278 g/mol. The molecular formula is C16H22O4. The molecule has 110 valence electrons. The van der Waals surface area contributed by atoms with E-state index in [1.54, 1.807) is 6.92 Å². The Hall–Kier alpha value is -1.55. The molecule has 2 atom stereocenters. The van der Waals surface area contributed by atoms with Crippen LogP contribution in [0.2, 0.25) is 0 Å². The summed E-state index contributed by atoms with van der Waals surface area (Å²) in [5.74, 6) is -0.310. The van der Waals surface area contributed by atoms with Gasteiger partial charge in [-0.05, 0) is 18.9 Å². The van der Waals surface area contributed by atoms with Gasteiger partial charge in [-0.2, -0.15) is 0 Å². The van der Waals surface area contributed by atoms with Crippen molar-refractivity contribution in [3.63, 3.8) is 0 Å². The minimum Gasteiger partial charge on any atom is -0.493 e. The lowest BCUT2D eigenvalue weighted by atomic mass is 9.72. The molecule has 0 aromatic heterocycles. The smallest absolute Gasteiger partial charge is 0.312 e. The Morgan fingerprint density at radius 3 is 2.80 bits per heavy atom. The molecule has 4 heteroatoms. The predicted octanol–water partition coefficient (Wildman–Crippen LogP) is 2.49. The quantitative estimate of drug-likeness (QED) is 0.860. The summed E-state index contributed by atoms with van der Waals surface area (Å²) in [6.45, 7) is 6.35. The van der Waals surface area contributed by atoms with Crippen LogP contribution >= 0.6 is 0 Å². The van der Waals surface area contributed by atoms with E-state index in [-0.39, 0.29) is 11.9 Å². The third-order valence-corrected chi connectivity index (χ3v) is 3.82. The molecule has 0 radical (unpaired) electrons. The van der Waals surface area contributed by atoms with Gasteiger partial charge in [-0.3, -0.25) is 4.79 Å². The number of benzene rings is 1. The molecule has 0 aliphatic carbocycles. The summed E-state index contributed by atoms with van der Waals surface area (Å²) in [7, 11) is 0. The lowest BCUT2D eigenvalue weighted by molar-refractivity contribution is -0.166. The summed E-state index contributed by atoms with van der Waals surface area (Å²) in [5, 5.41) is 11.2. The van der Waals surface area contributed by atoms with Gasteiger partial charge >= 0.3 is 5.97 Å². The fourth-order valence-corrected chi connectivity index (χ4v) is 2.98. The molecule has 2 rings (SSSR count). The second kappa shape index (κ2) is 5.83. The molecule has 0 saturated carbocycles. The van der Waals surface area contributed by atoms with Gasteiger partial charge in [0.05, 0.1) is 19.1 Å². The van der Waals surface area contributed by atoms with Crippen LogP contribution in [-0.4, -0.2) is 24.3 Å². The van der Waals surface area contributed by atoms with Crippen molar-refractivity contribution in [3.05, 3.63) is 29.8 Å². The summed E-state index contributed by atoms with van der Waals surface area (Å²) in [6.07, 6.45) is 0.395. The molecule has 2 unspecified atom stereocenters. The second-order valence-corrected chi connectivity index (χ2v) is 5.49. The zero-order valence-electron chi connectivity index (χ0n) is 12.3. The number of fused-ring (bicyclic) bond motifs is 1. The summed E-state index contributed by atoms with van der Waals surface area (Å²) < 4.78 is 10.7. The van der Waals surface area contributed by atoms with Crippen molar-refractivity contribution >= 4 is 5.97 Å². The molecule has 0 amide bonds. The lowest BCUT2D eigenvalue weighted by Crippen LogP contribution is -2.46. The fraction of sp³-hybridized carbons (Fsp3) is 0.562. The minimum atomic E-state index is -1.23. The molecule has 20 heavy (non-hydrogen) atoms. The van der Waals surface area contributed by atoms with Crippen LogP contribution < -0.4 is 4.74 Å². The minimum absolute atomic E-state index is 0.0230. The van der Waals surface area contributed by atoms with E-state index in [9.17, 15) is 9.90 Å². The number of hydrogen-bond donors (Lipinski definition) is 1. The second-order valence-electron chi connectivity index (χ2n) is 5.49. The van der Waals surface area contributed by atoms with Crippen molar-refractivity contribution in [2.24, 2.45) is 11.8 Å². The van der Waals surface area contributed by atoms with Crippen LogP contribution in [0.15, 0.2) is 24.3 Å². The molecule has 0 fully saturated rings. The Morgan fingerprint density at radius 1 is 1.45 bits per heavy atom. The van der Waals surface area contributed by atoms with Gasteiger partial charge < -0.3 is 14.6 Å². The largest absolute Gasteiger partial charge is 0.493 e. The third-order valence-electron chi connectivity index (χ3n) is 3.82. The SMILES string of the molecule is CCOC(=O)C(C(C)C)C1(O)CCOc2ccccc21. The molecule has 0 bridgehead atoms. The zero-order chi connectivity index (χ0) is 14.8. The molecule has 1 aromatic carbocycles. The van der Waals surface area contributed by atoms with Crippen molar-refractivity contribution in [2.45, 2.75) is 32.8 Å². The third kappa shape index (κ3) is 2.52. The van der Waals surface area contributed by atoms with Gasteiger partial charge in [0.15, 0.2) is 0 Å². The summed E-state index contributed by atoms with van der Waals surface area (Å²) in [5.41, 5.74) is -0.548. The molecular weight excluding hydrogens is 256 g/mol. The number of ether oxygens (including phenoxy) is 2. The van der Waals surface area contributed by atoms with E-state index in [1.165, 1.54) is 0 Å². The summed E-state index contributed by atoms with van der Waals surface area (Å²) in [6, 6.07) is 7.35. The molecule has 1 N–H and O–H groups in total. The maximum Gasteiger partial charge on any atom is 0.312 e. The van der Waals surface area contributed by atoms with Gasteiger partial charge in [0.25, 0.3) is 0 Å². The highest BCUT2D eigenvalue weighted by molar-refractivity contribution is 5.75. The topological polar surface area (TPSA) is 55.8 Å². The van der Waals surface area contributed by atoms with Crippen LogP contribution in [-0.2, 0) is 15.1 Å². The number of rotatable bonds is 4. The summed E-state index contributed by atoms with van der Waals surface area (Å²) >= 11 is 0. The average Bonchev–Trinajstić information content (AvgIpc) is 2.39. The average molecular weight is 278 g/mol. The van der Waals surface area contributed by atoms with Gasteiger partial charge in [-0.25, -0.2) is 0 Å². The molecule has 1 heterocycles. The number of aliphatic hydroxyl groups is 1. The van der Waals surface area contributed by atoms with Gasteiger partial charge in [-0.15, -0.1) is 0 Å². The van der Waals surface area contributed by atoms with Crippen LogP contribution in [0.4, 0.5) is 0 Å². The normalized spacial score (nSPS) is 22.9. The van der Waals surface area contributed by atoms with Crippen molar-refractivity contribution in [1.29, 1.82) is 0 Å².